The Morgan fingerprint density at radius 1 is 0.741 bits per heavy atom. The topological polar surface area (TPSA) is 84.1 Å². The molecule has 4 rings (SSSR count). The molecular weight excluding hydrogens is 342 g/mol. The van der Waals surface area contributed by atoms with Crippen molar-refractivity contribution in [1.29, 1.82) is 0 Å². The van der Waals surface area contributed by atoms with E-state index in [1.54, 1.807) is 14.2 Å². The van der Waals surface area contributed by atoms with Crippen molar-refractivity contribution in [2.75, 3.05) is 24.9 Å². The van der Waals surface area contributed by atoms with E-state index in [-0.39, 0.29) is 0 Å². The third kappa shape index (κ3) is 3.62. The van der Waals surface area contributed by atoms with Crippen LogP contribution < -0.4 is 20.1 Å². The summed E-state index contributed by atoms with van der Waals surface area (Å²) in [7, 11) is 3.29. The van der Waals surface area contributed by atoms with Crippen LogP contribution in [0.15, 0.2) is 60.8 Å². The minimum absolute atomic E-state index is 0.503. The summed E-state index contributed by atoms with van der Waals surface area (Å²) in [6, 6.07) is 17.2. The van der Waals surface area contributed by atoms with Gasteiger partial charge in [0.15, 0.2) is 5.82 Å². The first-order valence-corrected chi connectivity index (χ1v) is 8.42. The molecule has 0 aliphatic heterocycles. The predicted molar refractivity (Wildman–Crippen MR) is 106 cm³/mol. The minimum atomic E-state index is 0.503. The van der Waals surface area contributed by atoms with Gasteiger partial charge in [0, 0.05) is 17.6 Å². The first kappa shape index (κ1) is 16.7. The molecule has 2 aromatic carbocycles. The Balaban J connectivity index is 1.63. The van der Waals surface area contributed by atoms with E-state index < -0.39 is 0 Å². The van der Waals surface area contributed by atoms with Crippen molar-refractivity contribution in [3.8, 4) is 11.5 Å². The second-order valence-electron chi connectivity index (χ2n) is 5.84. The molecule has 0 radical (unpaired) electrons. The molecule has 0 saturated carbocycles. The Hall–Kier alpha value is -3.74. The normalized spacial score (nSPS) is 10.6. The summed E-state index contributed by atoms with van der Waals surface area (Å²) in [4.78, 5) is 12.4. The zero-order valence-corrected chi connectivity index (χ0v) is 15.0. The fourth-order valence-corrected chi connectivity index (χ4v) is 2.71. The van der Waals surface area contributed by atoms with Crippen LogP contribution in [0.5, 0.6) is 11.5 Å². The second-order valence-corrected chi connectivity index (χ2v) is 5.84. The fourth-order valence-electron chi connectivity index (χ4n) is 2.71. The summed E-state index contributed by atoms with van der Waals surface area (Å²) in [5, 5.41) is 6.56. The third-order valence-corrected chi connectivity index (χ3v) is 4.10. The van der Waals surface area contributed by atoms with Crippen LogP contribution in [0.2, 0.25) is 0 Å². The van der Waals surface area contributed by atoms with Crippen LogP contribution in [0.1, 0.15) is 0 Å². The summed E-state index contributed by atoms with van der Waals surface area (Å²) >= 11 is 0. The molecule has 2 heterocycles. The summed E-state index contributed by atoms with van der Waals surface area (Å²) < 4.78 is 10.4. The van der Waals surface area contributed by atoms with E-state index in [1.807, 2.05) is 60.8 Å². The maximum absolute atomic E-state index is 5.20. The van der Waals surface area contributed by atoms with Gasteiger partial charge in [-0.25, -0.2) is 4.98 Å². The monoisotopic (exact) mass is 361 g/mol. The summed E-state index contributed by atoms with van der Waals surface area (Å²) in [6.45, 7) is 0. The van der Waals surface area contributed by atoms with Gasteiger partial charge in [-0.05, 0) is 54.6 Å². The lowest BCUT2D eigenvalue weighted by atomic mass is 10.3. The number of aromatic nitrogens is 3. The van der Waals surface area contributed by atoms with E-state index >= 15 is 0 Å². The van der Waals surface area contributed by atoms with Crippen LogP contribution in [0, 0.1) is 0 Å². The number of ether oxygens (including phenoxy) is 2. The van der Waals surface area contributed by atoms with Gasteiger partial charge in [-0.3, -0.25) is 0 Å². The molecule has 136 valence electrons. The summed E-state index contributed by atoms with van der Waals surface area (Å²) in [5.41, 5.74) is 3.44. The maximum atomic E-state index is 5.20. The molecule has 7 heteroatoms. The summed E-state index contributed by atoms with van der Waals surface area (Å²) in [5.74, 6) is 2.79. The molecule has 4 aromatic rings. The Labute approximate surface area is 156 Å². The first-order valence-electron chi connectivity index (χ1n) is 8.42. The standard InChI is InChI=1S/C20H19N5O2/c1-26-15-7-3-13(4-8-15)22-19-18-17(11-12-21-18)24-20(25-19)23-14-5-9-16(27-2)10-6-14/h3-12,21H,1-2H3,(H2,22,23,24,25). The Morgan fingerprint density at radius 2 is 1.33 bits per heavy atom. The maximum Gasteiger partial charge on any atom is 0.229 e. The number of aromatic amines is 1. The first-order chi connectivity index (χ1) is 13.2. The van der Waals surface area contributed by atoms with Crippen LogP contribution in [0.25, 0.3) is 11.0 Å². The molecule has 0 aliphatic rings. The molecule has 2 aromatic heterocycles. The fraction of sp³-hybridized carbons (Fsp3) is 0.100. The molecule has 0 unspecified atom stereocenters. The van der Waals surface area contributed by atoms with Crippen LogP contribution in [-0.4, -0.2) is 29.2 Å². The lowest BCUT2D eigenvalue weighted by Gasteiger charge is -2.11. The van der Waals surface area contributed by atoms with Crippen LogP contribution in [0.3, 0.4) is 0 Å². The van der Waals surface area contributed by atoms with E-state index in [4.69, 9.17) is 9.47 Å². The lowest BCUT2D eigenvalue weighted by Crippen LogP contribution is -2.02. The molecule has 0 amide bonds. The van der Waals surface area contributed by atoms with Gasteiger partial charge in [-0.1, -0.05) is 0 Å². The zero-order chi connectivity index (χ0) is 18.6. The number of hydrogen-bond donors (Lipinski definition) is 3. The molecule has 7 nitrogen and oxygen atoms in total. The average Bonchev–Trinajstić information content (AvgIpc) is 3.18. The smallest absolute Gasteiger partial charge is 0.229 e. The molecular formula is C20H19N5O2. The molecule has 0 saturated heterocycles. The average molecular weight is 361 g/mol. The number of nitrogens with one attached hydrogen (secondary N) is 3. The quantitative estimate of drug-likeness (QED) is 0.470. The van der Waals surface area contributed by atoms with Gasteiger partial charge in [-0.15, -0.1) is 0 Å². The number of benzene rings is 2. The molecule has 3 N–H and O–H groups in total. The van der Waals surface area contributed by atoms with Gasteiger partial charge in [0.25, 0.3) is 0 Å². The predicted octanol–water partition coefficient (Wildman–Crippen LogP) is 4.46. The Bertz CT molecular complexity index is 1040. The van der Waals surface area contributed by atoms with Crippen molar-refractivity contribution in [2.24, 2.45) is 0 Å². The van der Waals surface area contributed by atoms with Gasteiger partial charge >= 0.3 is 0 Å². The third-order valence-electron chi connectivity index (χ3n) is 4.10. The van der Waals surface area contributed by atoms with Gasteiger partial charge in [0.05, 0.1) is 19.7 Å². The Kier molecular flexibility index (Phi) is 4.49. The Morgan fingerprint density at radius 3 is 1.93 bits per heavy atom. The van der Waals surface area contributed by atoms with Crippen LogP contribution in [0.4, 0.5) is 23.1 Å². The SMILES string of the molecule is COc1ccc(Nc2nc(Nc3ccc(OC)cc3)c3[nH]ccc3n2)cc1. The van der Waals surface area contributed by atoms with Crippen molar-refractivity contribution in [3.63, 3.8) is 0 Å². The van der Waals surface area contributed by atoms with E-state index in [9.17, 15) is 0 Å². The highest BCUT2D eigenvalue weighted by Crippen LogP contribution is 2.26. The highest BCUT2D eigenvalue weighted by atomic mass is 16.5. The van der Waals surface area contributed by atoms with Crippen molar-refractivity contribution in [2.45, 2.75) is 0 Å². The molecule has 0 atom stereocenters. The highest BCUT2D eigenvalue weighted by molar-refractivity contribution is 5.89. The number of fused-ring (bicyclic) bond motifs is 1. The molecule has 0 bridgehead atoms. The zero-order valence-electron chi connectivity index (χ0n) is 15.0. The van der Waals surface area contributed by atoms with E-state index in [2.05, 4.69) is 25.6 Å². The van der Waals surface area contributed by atoms with Gasteiger partial charge in [0.1, 0.15) is 17.0 Å². The number of rotatable bonds is 6. The number of methoxy groups -OCH3 is 2. The van der Waals surface area contributed by atoms with Crippen molar-refractivity contribution in [1.82, 2.24) is 15.0 Å². The number of nitrogens with zero attached hydrogens (tertiary/aromatic N) is 2. The van der Waals surface area contributed by atoms with Crippen LogP contribution in [-0.2, 0) is 0 Å². The van der Waals surface area contributed by atoms with E-state index in [0.717, 1.165) is 33.9 Å². The van der Waals surface area contributed by atoms with Gasteiger partial charge in [0.2, 0.25) is 5.95 Å². The summed E-state index contributed by atoms with van der Waals surface area (Å²) in [6.07, 6.45) is 1.84. The molecule has 0 aliphatic carbocycles. The van der Waals surface area contributed by atoms with Crippen molar-refractivity contribution in [3.05, 3.63) is 60.8 Å². The van der Waals surface area contributed by atoms with Gasteiger partial charge < -0.3 is 25.1 Å². The van der Waals surface area contributed by atoms with Crippen LogP contribution >= 0.6 is 0 Å². The highest BCUT2D eigenvalue weighted by Gasteiger charge is 2.10. The minimum Gasteiger partial charge on any atom is -0.497 e. The number of hydrogen-bond acceptors (Lipinski definition) is 6. The molecule has 0 spiro atoms. The number of H-pyrrole nitrogens is 1. The van der Waals surface area contributed by atoms with Gasteiger partial charge in [-0.2, -0.15) is 4.98 Å². The molecule has 0 fully saturated rings. The van der Waals surface area contributed by atoms with Crippen molar-refractivity contribution < 1.29 is 9.47 Å². The number of anilines is 4. The lowest BCUT2D eigenvalue weighted by molar-refractivity contribution is 0.415. The van der Waals surface area contributed by atoms with E-state index in [0.29, 0.717) is 11.8 Å². The van der Waals surface area contributed by atoms with E-state index in [1.165, 1.54) is 0 Å². The largest absolute Gasteiger partial charge is 0.497 e. The second kappa shape index (κ2) is 7.25. The molecule has 27 heavy (non-hydrogen) atoms. The van der Waals surface area contributed by atoms with Crippen molar-refractivity contribution >= 4 is 34.2 Å².